The lowest BCUT2D eigenvalue weighted by Gasteiger charge is -2.08. The largest absolute Gasteiger partial charge is 0.462 e. The van der Waals surface area contributed by atoms with Crippen molar-refractivity contribution in [2.45, 2.75) is 13.8 Å². The van der Waals surface area contributed by atoms with E-state index < -0.39 is 24.5 Å². The molecule has 7 heteroatoms. The SMILES string of the molecule is CCOC(=O)c1c(-c2ccccc2)csc1NC(=O)COC(C)=O. The maximum Gasteiger partial charge on any atom is 0.341 e. The first kappa shape index (κ1) is 17.7. The summed E-state index contributed by atoms with van der Waals surface area (Å²) in [4.78, 5) is 35.0. The fourth-order valence-electron chi connectivity index (χ4n) is 2.02. The lowest BCUT2D eigenvalue weighted by Crippen LogP contribution is -2.20. The van der Waals surface area contributed by atoms with Crippen molar-refractivity contribution in [3.63, 3.8) is 0 Å². The van der Waals surface area contributed by atoms with Crippen LogP contribution < -0.4 is 5.32 Å². The Morgan fingerprint density at radius 2 is 1.83 bits per heavy atom. The Bertz CT molecular complexity index is 739. The molecule has 2 aromatic rings. The van der Waals surface area contributed by atoms with E-state index >= 15 is 0 Å². The standard InChI is InChI=1S/C17H17NO5S/c1-3-22-17(21)15-13(12-7-5-4-6-8-12)10-24-16(15)18-14(20)9-23-11(2)19/h4-8,10H,3,9H2,1-2H3,(H,18,20). The molecule has 126 valence electrons. The lowest BCUT2D eigenvalue weighted by atomic mass is 10.0. The molecule has 1 aromatic heterocycles. The van der Waals surface area contributed by atoms with Gasteiger partial charge in [0.25, 0.3) is 5.91 Å². The Morgan fingerprint density at radius 1 is 1.12 bits per heavy atom. The van der Waals surface area contributed by atoms with Gasteiger partial charge in [0.05, 0.1) is 6.61 Å². The molecular weight excluding hydrogens is 330 g/mol. The summed E-state index contributed by atoms with van der Waals surface area (Å²) >= 11 is 1.21. The van der Waals surface area contributed by atoms with Crippen LogP contribution in [0.1, 0.15) is 24.2 Å². The summed E-state index contributed by atoms with van der Waals surface area (Å²) in [5.41, 5.74) is 1.82. The number of nitrogens with one attached hydrogen (secondary N) is 1. The van der Waals surface area contributed by atoms with E-state index in [1.807, 2.05) is 30.3 Å². The molecule has 0 aliphatic carbocycles. The molecule has 1 heterocycles. The van der Waals surface area contributed by atoms with E-state index in [-0.39, 0.29) is 6.61 Å². The molecule has 6 nitrogen and oxygen atoms in total. The Labute approximate surface area is 143 Å². The lowest BCUT2D eigenvalue weighted by molar-refractivity contribution is -0.144. The highest BCUT2D eigenvalue weighted by Gasteiger charge is 2.22. The van der Waals surface area contributed by atoms with E-state index in [4.69, 9.17) is 4.74 Å². The first-order chi connectivity index (χ1) is 11.5. The summed E-state index contributed by atoms with van der Waals surface area (Å²) < 4.78 is 9.75. The van der Waals surface area contributed by atoms with Crippen LogP contribution in [0.4, 0.5) is 5.00 Å². The van der Waals surface area contributed by atoms with Crippen LogP contribution in [-0.2, 0) is 19.1 Å². The van der Waals surface area contributed by atoms with Crippen LogP contribution in [-0.4, -0.2) is 31.1 Å². The molecule has 0 saturated heterocycles. The van der Waals surface area contributed by atoms with E-state index in [0.717, 1.165) is 5.56 Å². The van der Waals surface area contributed by atoms with Crippen molar-refractivity contribution in [3.05, 3.63) is 41.3 Å². The molecule has 0 radical (unpaired) electrons. The molecule has 0 fully saturated rings. The summed E-state index contributed by atoms with van der Waals surface area (Å²) in [7, 11) is 0. The molecule has 2 rings (SSSR count). The maximum absolute atomic E-state index is 12.3. The van der Waals surface area contributed by atoms with Crippen molar-refractivity contribution >= 4 is 34.2 Å². The number of carbonyl (C=O) groups excluding carboxylic acids is 3. The first-order valence-electron chi connectivity index (χ1n) is 7.30. The normalized spacial score (nSPS) is 10.1. The zero-order valence-electron chi connectivity index (χ0n) is 13.3. The van der Waals surface area contributed by atoms with E-state index in [0.29, 0.717) is 16.1 Å². The van der Waals surface area contributed by atoms with Gasteiger partial charge in [-0.25, -0.2) is 4.79 Å². The van der Waals surface area contributed by atoms with Crippen molar-refractivity contribution in [1.29, 1.82) is 0 Å². The number of carbonyl (C=O) groups is 3. The second-order valence-electron chi connectivity index (χ2n) is 4.77. The van der Waals surface area contributed by atoms with Gasteiger partial charge in [-0.2, -0.15) is 0 Å². The van der Waals surface area contributed by atoms with Gasteiger partial charge in [-0.3, -0.25) is 9.59 Å². The number of hydrogen-bond acceptors (Lipinski definition) is 6. The predicted molar refractivity (Wildman–Crippen MR) is 91.0 cm³/mol. The molecule has 0 unspecified atom stereocenters. The fourth-order valence-corrected chi connectivity index (χ4v) is 2.99. The smallest absolute Gasteiger partial charge is 0.341 e. The third-order valence-corrected chi connectivity index (χ3v) is 3.91. The second-order valence-corrected chi connectivity index (χ2v) is 5.65. The van der Waals surface area contributed by atoms with Gasteiger partial charge < -0.3 is 14.8 Å². The van der Waals surface area contributed by atoms with Gasteiger partial charge in [0, 0.05) is 17.9 Å². The minimum atomic E-state index is -0.549. The highest BCUT2D eigenvalue weighted by atomic mass is 32.1. The van der Waals surface area contributed by atoms with Crippen molar-refractivity contribution in [1.82, 2.24) is 0 Å². The van der Waals surface area contributed by atoms with Crippen molar-refractivity contribution in [2.75, 3.05) is 18.5 Å². The van der Waals surface area contributed by atoms with Crippen LogP contribution in [0.25, 0.3) is 11.1 Å². The summed E-state index contributed by atoms with van der Waals surface area (Å²) in [6.45, 7) is 2.75. The average molecular weight is 347 g/mol. The van der Waals surface area contributed by atoms with Crippen LogP contribution in [0, 0.1) is 0 Å². The van der Waals surface area contributed by atoms with Crippen molar-refractivity contribution < 1.29 is 23.9 Å². The Morgan fingerprint density at radius 3 is 2.46 bits per heavy atom. The highest BCUT2D eigenvalue weighted by molar-refractivity contribution is 7.15. The molecule has 0 spiro atoms. The van der Waals surface area contributed by atoms with Crippen LogP contribution in [0.5, 0.6) is 0 Å². The Hall–Kier alpha value is -2.67. The number of thiophene rings is 1. The van der Waals surface area contributed by atoms with Crippen LogP contribution >= 0.6 is 11.3 Å². The number of hydrogen-bond donors (Lipinski definition) is 1. The average Bonchev–Trinajstić information content (AvgIpc) is 2.97. The maximum atomic E-state index is 12.3. The predicted octanol–water partition coefficient (Wildman–Crippen LogP) is 3.09. The van der Waals surface area contributed by atoms with Crippen LogP contribution in [0.15, 0.2) is 35.7 Å². The molecule has 0 saturated carbocycles. The topological polar surface area (TPSA) is 81.7 Å². The summed E-state index contributed by atoms with van der Waals surface area (Å²) in [6.07, 6.45) is 0. The summed E-state index contributed by atoms with van der Waals surface area (Å²) in [5, 5.41) is 4.74. The monoisotopic (exact) mass is 347 g/mol. The van der Waals surface area contributed by atoms with Gasteiger partial charge >= 0.3 is 11.9 Å². The van der Waals surface area contributed by atoms with E-state index in [9.17, 15) is 14.4 Å². The van der Waals surface area contributed by atoms with Crippen LogP contribution in [0.3, 0.4) is 0 Å². The molecule has 0 bridgehead atoms. The number of esters is 2. The molecule has 1 amide bonds. The molecule has 1 N–H and O–H groups in total. The number of anilines is 1. The number of benzene rings is 1. The zero-order valence-corrected chi connectivity index (χ0v) is 14.1. The van der Waals surface area contributed by atoms with Gasteiger partial charge in [-0.05, 0) is 12.5 Å². The van der Waals surface area contributed by atoms with Crippen molar-refractivity contribution in [3.8, 4) is 11.1 Å². The number of rotatable bonds is 6. The van der Waals surface area contributed by atoms with E-state index in [1.54, 1.807) is 12.3 Å². The first-order valence-corrected chi connectivity index (χ1v) is 8.18. The Kier molecular flexibility index (Phi) is 6.08. The molecule has 24 heavy (non-hydrogen) atoms. The third-order valence-electron chi connectivity index (χ3n) is 3.01. The molecule has 1 aromatic carbocycles. The quantitative estimate of drug-likeness (QED) is 0.812. The summed E-state index contributed by atoms with van der Waals surface area (Å²) in [5.74, 6) is -1.58. The molecule has 0 aliphatic heterocycles. The van der Waals surface area contributed by atoms with Gasteiger partial charge in [0.15, 0.2) is 6.61 Å². The van der Waals surface area contributed by atoms with Gasteiger partial charge in [-0.15, -0.1) is 11.3 Å². The van der Waals surface area contributed by atoms with E-state index in [1.165, 1.54) is 18.3 Å². The molecule has 0 aliphatic rings. The minimum Gasteiger partial charge on any atom is -0.462 e. The molecular formula is C17H17NO5S. The Balaban J connectivity index is 2.31. The minimum absolute atomic E-state index is 0.226. The second kappa shape index (κ2) is 8.26. The van der Waals surface area contributed by atoms with E-state index in [2.05, 4.69) is 10.1 Å². The zero-order chi connectivity index (χ0) is 17.5. The number of ether oxygens (including phenoxy) is 2. The van der Waals surface area contributed by atoms with Gasteiger partial charge in [0.2, 0.25) is 0 Å². The van der Waals surface area contributed by atoms with Crippen LogP contribution in [0.2, 0.25) is 0 Å². The highest BCUT2D eigenvalue weighted by Crippen LogP contribution is 2.36. The van der Waals surface area contributed by atoms with Gasteiger partial charge in [0.1, 0.15) is 10.6 Å². The van der Waals surface area contributed by atoms with Gasteiger partial charge in [-0.1, -0.05) is 30.3 Å². The third kappa shape index (κ3) is 4.42. The van der Waals surface area contributed by atoms with Crippen molar-refractivity contribution in [2.24, 2.45) is 0 Å². The summed E-state index contributed by atoms with van der Waals surface area (Å²) in [6, 6.07) is 9.34. The molecule has 0 atom stereocenters. The number of amides is 1. The fraction of sp³-hybridized carbons (Fsp3) is 0.235.